The standard InChI is InChI=1S/C23H21NO6/c1-2-3-13-24-20(26)18(25)17-19(14-9-5-4-6-10-14)30-23(29)16-12-8-7-11-15(16)22(27,28)21(17,23)24/h4-12,27-29H,2-3,13H2,1H3/t21-,23-/m1/s1. The minimum Gasteiger partial charge on any atom is -0.454 e. The highest BCUT2D eigenvalue weighted by atomic mass is 16.6. The molecule has 3 aliphatic rings. The third-order valence-corrected chi connectivity index (χ3v) is 6.34. The van der Waals surface area contributed by atoms with Crippen LogP contribution in [0.5, 0.6) is 0 Å². The van der Waals surface area contributed by atoms with Gasteiger partial charge in [-0.05, 0) is 6.42 Å². The number of benzene rings is 2. The van der Waals surface area contributed by atoms with Crippen LogP contribution in [0.4, 0.5) is 0 Å². The van der Waals surface area contributed by atoms with E-state index in [0.29, 0.717) is 18.4 Å². The monoisotopic (exact) mass is 407 g/mol. The van der Waals surface area contributed by atoms with E-state index in [4.69, 9.17) is 4.74 Å². The Kier molecular flexibility index (Phi) is 3.80. The van der Waals surface area contributed by atoms with Gasteiger partial charge in [-0.15, -0.1) is 0 Å². The first-order valence-electron chi connectivity index (χ1n) is 9.95. The smallest absolute Gasteiger partial charge is 0.296 e. The van der Waals surface area contributed by atoms with Crippen LogP contribution in [0.1, 0.15) is 36.5 Å². The maximum absolute atomic E-state index is 13.2. The van der Waals surface area contributed by atoms with Gasteiger partial charge in [-0.1, -0.05) is 67.9 Å². The fourth-order valence-electron chi connectivity index (χ4n) is 5.08. The second kappa shape index (κ2) is 6.01. The molecule has 0 unspecified atom stereocenters. The molecule has 1 saturated heterocycles. The molecule has 2 aliphatic heterocycles. The molecule has 3 N–H and O–H groups in total. The summed E-state index contributed by atoms with van der Waals surface area (Å²) in [6.45, 7) is 1.98. The Morgan fingerprint density at radius 3 is 2.23 bits per heavy atom. The number of hydrogen-bond acceptors (Lipinski definition) is 6. The summed E-state index contributed by atoms with van der Waals surface area (Å²) in [6.07, 6.45) is 1.21. The fraction of sp³-hybridized carbons (Fsp3) is 0.304. The van der Waals surface area contributed by atoms with Gasteiger partial charge in [0, 0.05) is 23.2 Å². The molecule has 7 heteroatoms. The molecule has 2 aromatic carbocycles. The van der Waals surface area contributed by atoms with Crippen molar-refractivity contribution in [2.75, 3.05) is 6.54 Å². The zero-order chi connectivity index (χ0) is 21.3. The Morgan fingerprint density at radius 2 is 1.57 bits per heavy atom. The van der Waals surface area contributed by atoms with Crippen LogP contribution in [0, 0.1) is 0 Å². The molecular weight excluding hydrogens is 386 g/mol. The van der Waals surface area contributed by atoms with Crippen molar-refractivity contribution in [2.45, 2.75) is 36.9 Å². The summed E-state index contributed by atoms with van der Waals surface area (Å²) in [6, 6.07) is 14.8. The van der Waals surface area contributed by atoms with Crippen molar-refractivity contribution in [1.29, 1.82) is 0 Å². The Balaban J connectivity index is 1.87. The largest absolute Gasteiger partial charge is 0.454 e. The number of Topliss-reactive ketones (excluding diaryl/α,β-unsaturated/α-hetero) is 1. The van der Waals surface area contributed by atoms with Gasteiger partial charge in [0.25, 0.3) is 17.5 Å². The molecule has 1 amide bonds. The number of unbranched alkanes of at least 4 members (excludes halogenated alkanes) is 1. The lowest BCUT2D eigenvalue weighted by Crippen LogP contribution is -2.66. The zero-order valence-corrected chi connectivity index (χ0v) is 16.3. The Morgan fingerprint density at radius 1 is 0.933 bits per heavy atom. The van der Waals surface area contributed by atoms with Crippen LogP contribution in [0.15, 0.2) is 60.2 Å². The molecule has 0 radical (unpaired) electrons. The molecule has 2 aromatic rings. The lowest BCUT2D eigenvalue weighted by molar-refractivity contribution is -0.312. The first-order chi connectivity index (χ1) is 14.3. The van der Waals surface area contributed by atoms with Gasteiger partial charge < -0.3 is 25.0 Å². The van der Waals surface area contributed by atoms with Gasteiger partial charge in [-0.3, -0.25) is 9.59 Å². The van der Waals surface area contributed by atoms with Crippen molar-refractivity contribution in [1.82, 2.24) is 4.90 Å². The fourth-order valence-corrected chi connectivity index (χ4v) is 5.08. The maximum Gasteiger partial charge on any atom is 0.296 e. The van der Waals surface area contributed by atoms with Gasteiger partial charge in [0.1, 0.15) is 5.76 Å². The first kappa shape index (κ1) is 19.0. The highest BCUT2D eigenvalue weighted by Gasteiger charge is 2.84. The molecule has 1 spiro atoms. The Labute approximate surface area is 172 Å². The van der Waals surface area contributed by atoms with Crippen LogP contribution in [0.2, 0.25) is 0 Å². The second-order valence-electron chi connectivity index (χ2n) is 7.88. The van der Waals surface area contributed by atoms with Crippen molar-refractivity contribution < 1.29 is 29.6 Å². The highest BCUT2D eigenvalue weighted by Crippen LogP contribution is 2.67. The normalized spacial score (nSPS) is 28.5. The van der Waals surface area contributed by atoms with Crippen LogP contribution < -0.4 is 0 Å². The number of hydrogen-bond donors (Lipinski definition) is 3. The summed E-state index contributed by atoms with van der Waals surface area (Å²) in [4.78, 5) is 27.4. The summed E-state index contributed by atoms with van der Waals surface area (Å²) in [5.74, 6) is -6.87. The zero-order valence-electron chi connectivity index (χ0n) is 16.3. The number of ether oxygens (including phenoxy) is 1. The van der Waals surface area contributed by atoms with Crippen LogP contribution in [-0.2, 0) is 25.9 Å². The molecule has 154 valence electrons. The van der Waals surface area contributed by atoms with Crippen LogP contribution in [-0.4, -0.2) is 44.0 Å². The predicted octanol–water partition coefficient (Wildman–Crippen LogP) is 1.37. The third-order valence-electron chi connectivity index (χ3n) is 6.34. The van der Waals surface area contributed by atoms with Gasteiger partial charge in [0.15, 0.2) is 0 Å². The average molecular weight is 407 g/mol. The molecule has 0 bridgehead atoms. The third kappa shape index (κ3) is 1.90. The summed E-state index contributed by atoms with van der Waals surface area (Å²) in [7, 11) is 0. The van der Waals surface area contributed by atoms with Gasteiger partial charge in [-0.25, -0.2) is 0 Å². The van der Waals surface area contributed by atoms with E-state index in [1.54, 1.807) is 42.5 Å². The summed E-state index contributed by atoms with van der Waals surface area (Å²) in [5.41, 5.74) is -1.85. The molecule has 1 aliphatic carbocycles. The minimum absolute atomic E-state index is 0.00103. The minimum atomic E-state index is -2.74. The van der Waals surface area contributed by atoms with Crippen molar-refractivity contribution in [2.24, 2.45) is 0 Å². The lowest BCUT2D eigenvalue weighted by Gasteiger charge is -2.45. The number of likely N-dealkylation sites (tertiary alicyclic amines) is 1. The van der Waals surface area contributed by atoms with Crippen molar-refractivity contribution in [3.63, 3.8) is 0 Å². The topological polar surface area (TPSA) is 107 Å². The van der Waals surface area contributed by atoms with Crippen molar-refractivity contribution in [3.05, 3.63) is 76.9 Å². The molecular formula is C23H21NO6. The number of carbonyl (C=O) groups is 2. The van der Waals surface area contributed by atoms with E-state index in [0.717, 1.165) is 4.90 Å². The predicted molar refractivity (Wildman–Crippen MR) is 105 cm³/mol. The molecule has 1 fully saturated rings. The Bertz CT molecular complexity index is 1110. The Hall–Kier alpha value is -3.00. The van der Waals surface area contributed by atoms with E-state index in [-0.39, 0.29) is 29.0 Å². The molecule has 7 nitrogen and oxygen atoms in total. The molecule has 30 heavy (non-hydrogen) atoms. The van der Waals surface area contributed by atoms with Crippen molar-refractivity contribution >= 4 is 17.4 Å². The maximum atomic E-state index is 13.2. The molecule has 0 saturated carbocycles. The average Bonchev–Trinajstić information content (AvgIpc) is 3.22. The van der Waals surface area contributed by atoms with E-state index < -0.39 is 28.8 Å². The summed E-state index contributed by atoms with van der Waals surface area (Å²) >= 11 is 0. The molecule has 5 rings (SSSR count). The lowest BCUT2D eigenvalue weighted by atomic mass is 9.78. The number of fused-ring (bicyclic) bond motifs is 2. The number of nitrogens with zero attached hydrogens (tertiary/aromatic N) is 1. The van der Waals surface area contributed by atoms with Crippen LogP contribution in [0.25, 0.3) is 5.76 Å². The molecule has 0 aromatic heterocycles. The quantitative estimate of drug-likeness (QED) is 0.522. The van der Waals surface area contributed by atoms with Gasteiger partial charge >= 0.3 is 0 Å². The van der Waals surface area contributed by atoms with Gasteiger partial charge in [-0.2, -0.15) is 0 Å². The summed E-state index contributed by atoms with van der Waals surface area (Å²) < 4.78 is 6.01. The van der Waals surface area contributed by atoms with Crippen LogP contribution in [0.3, 0.4) is 0 Å². The number of carbonyl (C=O) groups excluding carboxylic acids is 2. The van der Waals surface area contributed by atoms with E-state index in [2.05, 4.69) is 0 Å². The molecule has 2 atom stereocenters. The van der Waals surface area contributed by atoms with Gasteiger partial charge in [0.05, 0.1) is 5.57 Å². The van der Waals surface area contributed by atoms with E-state index >= 15 is 0 Å². The number of aliphatic hydroxyl groups is 3. The van der Waals surface area contributed by atoms with E-state index in [1.807, 2.05) is 6.92 Å². The molecule has 2 heterocycles. The second-order valence-corrected chi connectivity index (χ2v) is 7.88. The summed E-state index contributed by atoms with van der Waals surface area (Å²) in [5, 5.41) is 34.8. The van der Waals surface area contributed by atoms with Crippen molar-refractivity contribution in [3.8, 4) is 0 Å². The van der Waals surface area contributed by atoms with Gasteiger partial charge in [0.2, 0.25) is 11.3 Å². The highest BCUT2D eigenvalue weighted by molar-refractivity contribution is 6.48. The van der Waals surface area contributed by atoms with Crippen LogP contribution >= 0.6 is 0 Å². The number of rotatable bonds is 4. The first-order valence-corrected chi connectivity index (χ1v) is 9.95. The van der Waals surface area contributed by atoms with E-state index in [1.165, 1.54) is 12.1 Å². The number of amides is 1. The SMILES string of the molecule is CCCCN1C(=O)C(=O)C2=C(c3ccccc3)O[C@]3(O)c4ccccc4C(O)(O)[C@@]213. The van der Waals surface area contributed by atoms with E-state index in [9.17, 15) is 24.9 Å². The number of ketones is 1.